The molecule has 1 amide bonds. The van der Waals surface area contributed by atoms with Crippen molar-refractivity contribution >= 4 is 29.0 Å². The fraction of sp³-hybridized carbons (Fsp3) is 0.464. The lowest BCUT2D eigenvalue weighted by atomic mass is 9.77. The Kier molecular flexibility index (Phi) is 6.55. The second-order valence-electron chi connectivity index (χ2n) is 10.6. The summed E-state index contributed by atoms with van der Waals surface area (Å²) in [5.74, 6) is 0.528. The van der Waals surface area contributed by atoms with Crippen LogP contribution >= 0.6 is 11.6 Å². The quantitative estimate of drug-likeness (QED) is 0.510. The average Bonchev–Trinajstić information content (AvgIpc) is 3.68. The zero-order chi connectivity index (χ0) is 25.4. The third-order valence-electron chi connectivity index (χ3n) is 8.43. The molecule has 3 aliphatic heterocycles. The van der Waals surface area contributed by atoms with Crippen LogP contribution in [0.3, 0.4) is 0 Å². The number of hydrogen-bond donors (Lipinski definition) is 2. The highest BCUT2D eigenvalue weighted by atomic mass is 35.5. The van der Waals surface area contributed by atoms with E-state index in [9.17, 15) is 4.79 Å². The highest BCUT2D eigenvalue weighted by Gasteiger charge is 2.44. The van der Waals surface area contributed by atoms with Crippen LogP contribution in [-0.4, -0.2) is 64.8 Å². The van der Waals surface area contributed by atoms with Gasteiger partial charge in [-0.3, -0.25) is 9.48 Å². The zero-order valence-electron chi connectivity index (χ0n) is 21.1. The molecule has 3 aliphatic rings. The molecule has 1 aromatic carbocycles. The highest BCUT2D eigenvalue weighted by Crippen LogP contribution is 2.44. The van der Waals surface area contributed by atoms with E-state index in [4.69, 9.17) is 17.3 Å². The molecule has 1 spiro atoms. The largest absolute Gasteiger partial charge is 0.382 e. The monoisotopic (exact) mass is 519 g/mol. The number of nitrogens with zero attached hydrogens (tertiary/aromatic N) is 5. The van der Waals surface area contributed by atoms with E-state index in [1.54, 1.807) is 0 Å². The molecule has 37 heavy (non-hydrogen) atoms. The van der Waals surface area contributed by atoms with Crippen LogP contribution in [-0.2, 0) is 11.3 Å². The van der Waals surface area contributed by atoms with Gasteiger partial charge >= 0.3 is 0 Å². The van der Waals surface area contributed by atoms with E-state index in [-0.39, 0.29) is 11.3 Å². The predicted molar refractivity (Wildman–Crippen MR) is 147 cm³/mol. The maximum atomic E-state index is 12.5. The van der Waals surface area contributed by atoms with Gasteiger partial charge in [-0.25, -0.2) is 4.98 Å². The van der Waals surface area contributed by atoms with E-state index >= 15 is 0 Å². The summed E-state index contributed by atoms with van der Waals surface area (Å²) in [5.41, 5.74) is 11.0. The minimum atomic E-state index is -0.234. The second kappa shape index (κ2) is 9.99. The predicted octanol–water partition coefficient (Wildman–Crippen LogP) is 4.05. The van der Waals surface area contributed by atoms with Gasteiger partial charge in [-0.05, 0) is 56.3 Å². The first-order valence-electron chi connectivity index (χ1n) is 13.4. The topological polar surface area (TPSA) is 92.3 Å². The number of likely N-dealkylation sites (tertiary alicyclic amines) is 1. The van der Waals surface area contributed by atoms with Crippen LogP contribution in [0.15, 0.2) is 42.9 Å². The standard InChI is InChI=1S/C28H34ClN7O/c29-24-25(35-13-8-28(9-14-35)7-10-31-27(28)37)23(18-32-26(24)30)21-5-3-20(4-6-21)22-17-33-36(19-22)16-15-34-11-1-2-12-34/h3-6,17-19H,1-2,7-16H2,(H2,30,32)(H,31,37). The first-order chi connectivity index (χ1) is 18.0. The molecule has 2 aromatic heterocycles. The summed E-state index contributed by atoms with van der Waals surface area (Å²) in [6.07, 6.45) is 11.0. The Hall–Kier alpha value is -3.10. The van der Waals surface area contributed by atoms with Crippen LogP contribution in [0.4, 0.5) is 11.5 Å². The summed E-state index contributed by atoms with van der Waals surface area (Å²) in [6.45, 7) is 6.67. The Morgan fingerprint density at radius 2 is 1.68 bits per heavy atom. The number of piperidine rings is 1. The van der Waals surface area contributed by atoms with E-state index in [1.807, 2.05) is 17.1 Å². The van der Waals surface area contributed by atoms with Crippen molar-refractivity contribution in [1.29, 1.82) is 0 Å². The number of anilines is 2. The molecule has 9 heteroatoms. The van der Waals surface area contributed by atoms with Crippen molar-refractivity contribution < 1.29 is 4.79 Å². The van der Waals surface area contributed by atoms with Crippen LogP contribution in [0, 0.1) is 5.41 Å². The third-order valence-corrected chi connectivity index (χ3v) is 8.81. The summed E-state index contributed by atoms with van der Waals surface area (Å²) in [4.78, 5) is 21.6. The van der Waals surface area contributed by atoms with Crippen molar-refractivity contribution in [2.24, 2.45) is 5.41 Å². The summed E-state index contributed by atoms with van der Waals surface area (Å²) >= 11 is 6.75. The van der Waals surface area contributed by atoms with Crippen LogP contribution in [0.1, 0.15) is 32.1 Å². The Balaban J connectivity index is 1.20. The molecular weight excluding hydrogens is 486 g/mol. The van der Waals surface area contributed by atoms with Crippen molar-refractivity contribution in [3.8, 4) is 22.3 Å². The molecule has 0 atom stereocenters. The molecule has 8 nitrogen and oxygen atoms in total. The number of carbonyl (C=O) groups is 1. The number of carbonyl (C=O) groups excluding carboxylic acids is 1. The van der Waals surface area contributed by atoms with Gasteiger partial charge in [0.1, 0.15) is 10.8 Å². The fourth-order valence-corrected chi connectivity index (χ4v) is 6.36. The van der Waals surface area contributed by atoms with E-state index < -0.39 is 0 Å². The Morgan fingerprint density at radius 3 is 2.38 bits per heavy atom. The van der Waals surface area contributed by atoms with Crippen molar-refractivity contribution in [1.82, 2.24) is 25.0 Å². The SMILES string of the molecule is Nc1ncc(-c2ccc(-c3cnn(CCN4CCCC4)c3)cc2)c(N2CCC3(CCNC3=O)CC2)c1Cl. The van der Waals surface area contributed by atoms with Crippen molar-refractivity contribution in [3.63, 3.8) is 0 Å². The first-order valence-corrected chi connectivity index (χ1v) is 13.7. The number of aromatic nitrogens is 3. The van der Waals surface area contributed by atoms with Gasteiger partial charge in [0.2, 0.25) is 5.91 Å². The molecular formula is C28H34ClN7O. The molecule has 0 unspecified atom stereocenters. The van der Waals surface area contributed by atoms with Crippen molar-refractivity contribution in [2.45, 2.75) is 38.6 Å². The fourth-order valence-electron chi connectivity index (χ4n) is 6.09. The number of hydrogen-bond acceptors (Lipinski definition) is 6. The van der Waals surface area contributed by atoms with E-state index in [2.05, 4.69) is 55.7 Å². The van der Waals surface area contributed by atoms with Crippen LogP contribution in [0.2, 0.25) is 5.02 Å². The summed E-state index contributed by atoms with van der Waals surface area (Å²) in [7, 11) is 0. The van der Waals surface area contributed by atoms with Gasteiger partial charge in [-0.15, -0.1) is 0 Å². The molecule has 0 bridgehead atoms. The van der Waals surface area contributed by atoms with Crippen molar-refractivity contribution in [3.05, 3.63) is 47.9 Å². The minimum absolute atomic E-state index is 0.197. The molecule has 0 aliphatic carbocycles. The number of rotatable bonds is 6. The van der Waals surface area contributed by atoms with E-state index in [1.165, 1.54) is 25.9 Å². The van der Waals surface area contributed by atoms with E-state index in [0.29, 0.717) is 10.8 Å². The summed E-state index contributed by atoms with van der Waals surface area (Å²) in [6, 6.07) is 8.47. The van der Waals surface area contributed by atoms with Gasteiger partial charge in [-0.2, -0.15) is 5.10 Å². The molecule has 3 fully saturated rings. The van der Waals surface area contributed by atoms with Crippen LogP contribution in [0.25, 0.3) is 22.3 Å². The average molecular weight is 520 g/mol. The molecule has 3 aromatic rings. The number of halogens is 1. The van der Waals surface area contributed by atoms with Gasteiger partial charge in [0, 0.05) is 49.7 Å². The number of nitrogen functional groups attached to an aromatic ring is 1. The lowest BCUT2D eigenvalue weighted by Crippen LogP contribution is -2.44. The van der Waals surface area contributed by atoms with Gasteiger partial charge in [0.25, 0.3) is 0 Å². The maximum Gasteiger partial charge on any atom is 0.226 e. The number of nitrogens with one attached hydrogen (secondary N) is 1. The maximum absolute atomic E-state index is 12.5. The normalized spacial score (nSPS) is 19.6. The number of benzene rings is 1. The lowest BCUT2D eigenvalue weighted by molar-refractivity contribution is -0.128. The van der Waals surface area contributed by atoms with Crippen LogP contribution in [0.5, 0.6) is 0 Å². The number of amides is 1. The Bertz CT molecular complexity index is 1270. The smallest absolute Gasteiger partial charge is 0.226 e. The molecule has 5 heterocycles. The molecule has 3 N–H and O–H groups in total. The summed E-state index contributed by atoms with van der Waals surface area (Å²) in [5, 5.41) is 8.07. The number of nitrogens with two attached hydrogens (primary N) is 1. The van der Waals surface area contributed by atoms with Gasteiger partial charge in [-0.1, -0.05) is 35.9 Å². The van der Waals surface area contributed by atoms with E-state index in [0.717, 1.165) is 79.9 Å². The zero-order valence-corrected chi connectivity index (χ0v) is 21.9. The molecule has 0 saturated carbocycles. The third kappa shape index (κ3) is 4.68. The first kappa shape index (κ1) is 24.2. The number of pyridine rings is 1. The van der Waals surface area contributed by atoms with Gasteiger partial charge in [0.15, 0.2) is 0 Å². The Morgan fingerprint density at radius 1 is 0.946 bits per heavy atom. The van der Waals surface area contributed by atoms with Crippen LogP contribution < -0.4 is 16.0 Å². The van der Waals surface area contributed by atoms with Gasteiger partial charge < -0.3 is 20.9 Å². The molecule has 194 valence electrons. The lowest BCUT2D eigenvalue weighted by Gasteiger charge is -2.39. The Labute approximate surface area is 222 Å². The molecule has 3 saturated heterocycles. The minimum Gasteiger partial charge on any atom is -0.382 e. The highest BCUT2D eigenvalue weighted by molar-refractivity contribution is 6.36. The van der Waals surface area contributed by atoms with Crippen molar-refractivity contribution in [2.75, 3.05) is 49.9 Å². The second-order valence-corrected chi connectivity index (χ2v) is 11.0. The molecule has 0 radical (unpaired) electrons. The summed E-state index contributed by atoms with van der Waals surface area (Å²) < 4.78 is 2.04. The molecule has 6 rings (SSSR count). The van der Waals surface area contributed by atoms with Gasteiger partial charge in [0.05, 0.1) is 23.8 Å².